The SMILES string of the molecule is CSc1ncc2c(n1)N(CCCS(=O)(=O)O)C(O)C=C2. The maximum Gasteiger partial charge on any atom is 0.264 e. The molecule has 1 aromatic heterocycles. The minimum absolute atomic E-state index is 0.196. The standard InChI is InChI=1S/C11H15N3O4S2/c1-19-11-12-7-8-3-4-9(15)14(10(8)13-11)5-2-6-20(16,17)18/h3-4,7,9,15H,2,5-6H2,1H3,(H,16,17,18). The van der Waals surface area contributed by atoms with Crippen LogP contribution in [0.15, 0.2) is 17.4 Å². The molecule has 0 saturated heterocycles. The molecule has 1 unspecified atom stereocenters. The molecule has 110 valence electrons. The van der Waals surface area contributed by atoms with Gasteiger partial charge in [0.2, 0.25) is 0 Å². The summed E-state index contributed by atoms with van der Waals surface area (Å²) < 4.78 is 30.2. The summed E-state index contributed by atoms with van der Waals surface area (Å²) in [7, 11) is -4.00. The lowest BCUT2D eigenvalue weighted by atomic mass is 10.2. The second-order valence-corrected chi connectivity index (χ2v) is 6.59. The number of aliphatic hydroxyl groups excluding tert-OH is 1. The van der Waals surface area contributed by atoms with Crippen LogP contribution in [-0.2, 0) is 10.1 Å². The Labute approximate surface area is 121 Å². The van der Waals surface area contributed by atoms with Crippen LogP contribution in [0.4, 0.5) is 5.82 Å². The topological polar surface area (TPSA) is 104 Å². The summed E-state index contributed by atoms with van der Waals surface area (Å²) >= 11 is 1.38. The Morgan fingerprint density at radius 2 is 2.25 bits per heavy atom. The van der Waals surface area contributed by atoms with Gasteiger partial charge < -0.3 is 10.0 Å². The van der Waals surface area contributed by atoms with Gasteiger partial charge in [0, 0.05) is 18.3 Å². The Morgan fingerprint density at radius 1 is 1.50 bits per heavy atom. The monoisotopic (exact) mass is 317 g/mol. The number of aliphatic hydroxyl groups is 1. The minimum Gasteiger partial charge on any atom is -0.370 e. The van der Waals surface area contributed by atoms with Crippen molar-refractivity contribution in [2.75, 3.05) is 23.5 Å². The van der Waals surface area contributed by atoms with Crippen molar-refractivity contribution in [2.45, 2.75) is 17.8 Å². The summed E-state index contributed by atoms with van der Waals surface area (Å²) in [5.41, 5.74) is 0.764. The van der Waals surface area contributed by atoms with E-state index in [1.807, 2.05) is 6.26 Å². The number of hydrogen-bond acceptors (Lipinski definition) is 7. The van der Waals surface area contributed by atoms with Crippen molar-refractivity contribution in [1.82, 2.24) is 9.97 Å². The molecule has 2 N–H and O–H groups in total. The second kappa shape index (κ2) is 6.08. The van der Waals surface area contributed by atoms with Gasteiger partial charge in [-0.3, -0.25) is 4.55 Å². The quantitative estimate of drug-likeness (QED) is 0.463. The third-order valence-electron chi connectivity index (χ3n) is 2.80. The number of hydrogen-bond donors (Lipinski definition) is 2. The second-order valence-electron chi connectivity index (χ2n) is 4.24. The summed E-state index contributed by atoms with van der Waals surface area (Å²) in [5, 5.41) is 10.5. The third kappa shape index (κ3) is 3.69. The van der Waals surface area contributed by atoms with Crippen LogP contribution in [0.1, 0.15) is 12.0 Å². The molecule has 2 rings (SSSR count). The predicted octanol–water partition coefficient (Wildman–Crippen LogP) is 0.628. The van der Waals surface area contributed by atoms with Crippen molar-refractivity contribution in [3.8, 4) is 0 Å². The maximum absolute atomic E-state index is 10.7. The zero-order valence-electron chi connectivity index (χ0n) is 10.8. The summed E-state index contributed by atoms with van der Waals surface area (Å²) in [6, 6.07) is 0. The first kappa shape index (κ1) is 15.2. The van der Waals surface area contributed by atoms with Gasteiger partial charge in [0.25, 0.3) is 10.1 Å². The van der Waals surface area contributed by atoms with Gasteiger partial charge in [-0.2, -0.15) is 8.42 Å². The number of thioether (sulfide) groups is 1. The number of anilines is 1. The molecule has 0 amide bonds. The number of aromatic nitrogens is 2. The van der Waals surface area contributed by atoms with Gasteiger partial charge in [-0.1, -0.05) is 11.8 Å². The molecule has 1 aliphatic rings. The minimum atomic E-state index is -4.00. The fourth-order valence-electron chi connectivity index (χ4n) is 1.89. The molecule has 0 fully saturated rings. The zero-order chi connectivity index (χ0) is 14.8. The van der Waals surface area contributed by atoms with E-state index in [2.05, 4.69) is 9.97 Å². The Balaban J connectivity index is 2.18. The van der Waals surface area contributed by atoms with E-state index in [-0.39, 0.29) is 18.7 Å². The van der Waals surface area contributed by atoms with Gasteiger partial charge in [0.15, 0.2) is 5.16 Å². The van der Waals surface area contributed by atoms with Gasteiger partial charge in [0.05, 0.1) is 5.75 Å². The third-order valence-corrected chi connectivity index (χ3v) is 4.16. The fraction of sp³-hybridized carbons (Fsp3) is 0.455. The molecular formula is C11H15N3O4S2. The van der Waals surface area contributed by atoms with Gasteiger partial charge in [-0.05, 0) is 24.8 Å². The molecule has 1 atom stereocenters. The van der Waals surface area contributed by atoms with Gasteiger partial charge in [-0.25, -0.2) is 9.97 Å². The van der Waals surface area contributed by atoms with Crippen molar-refractivity contribution in [2.24, 2.45) is 0 Å². The van der Waals surface area contributed by atoms with E-state index in [0.717, 1.165) is 5.56 Å². The van der Waals surface area contributed by atoms with Crippen molar-refractivity contribution in [3.05, 3.63) is 17.8 Å². The molecule has 0 aromatic carbocycles. The Bertz CT molecular complexity index is 618. The van der Waals surface area contributed by atoms with E-state index in [9.17, 15) is 13.5 Å². The Kier molecular flexibility index (Phi) is 4.63. The summed E-state index contributed by atoms with van der Waals surface area (Å²) in [6.07, 6.45) is 6.14. The molecule has 0 bridgehead atoms. The first-order valence-electron chi connectivity index (χ1n) is 5.90. The average Bonchev–Trinajstić information content (AvgIpc) is 2.39. The number of fused-ring (bicyclic) bond motifs is 1. The summed E-state index contributed by atoms with van der Waals surface area (Å²) in [4.78, 5) is 10.1. The molecule has 20 heavy (non-hydrogen) atoms. The molecule has 7 nitrogen and oxygen atoms in total. The highest BCUT2D eigenvalue weighted by Gasteiger charge is 2.23. The van der Waals surface area contributed by atoms with Crippen LogP contribution in [0.2, 0.25) is 0 Å². The van der Waals surface area contributed by atoms with E-state index in [0.29, 0.717) is 11.0 Å². The lowest BCUT2D eigenvalue weighted by molar-refractivity contribution is 0.214. The van der Waals surface area contributed by atoms with Crippen molar-refractivity contribution in [1.29, 1.82) is 0 Å². The largest absolute Gasteiger partial charge is 0.370 e. The number of rotatable bonds is 5. The fourth-order valence-corrected chi connectivity index (χ4v) is 2.72. The molecule has 0 saturated carbocycles. The van der Waals surface area contributed by atoms with Gasteiger partial charge in [-0.15, -0.1) is 0 Å². The molecule has 0 radical (unpaired) electrons. The molecule has 0 aliphatic carbocycles. The van der Waals surface area contributed by atoms with Crippen LogP contribution in [0.25, 0.3) is 6.08 Å². The highest BCUT2D eigenvalue weighted by Crippen LogP contribution is 2.27. The molecule has 1 aliphatic heterocycles. The molecule has 2 heterocycles. The van der Waals surface area contributed by atoms with Gasteiger partial charge >= 0.3 is 0 Å². The van der Waals surface area contributed by atoms with Crippen LogP contribution >= 0.6 is 11.8 Å². The lowest BCUT2D eigenvalue weighted by Gasteiger charge is -2.31. The van der Waals surface area contributed by atoms with E-state index in [1.54, 1.807) is 23.2 Å². The Morgan fingerprint density at radius 3 is 2.90 bits per heavy atom. The van der Waals surface area contributed by atoms with Gasteiger partial charge in [0.1, 0.15) is 12.0 Å². The van der Waals surface area contributed by atoms with Crippen LogP contribution in [0.5, 0.6) is 0 Å². The smallest absolute Gasteiger partial charge is 0.264 e. The average molecular weight is 317 g/mol. The Hall–Kier alpha value is -1.16. The molecular weight excluding hydrogens is 302 g/mol. The van der Waals surface area contributed by atoms with Crippen LogP contribution in [0.3, 0.4) is 0 Å². The summed E-state index contributed by atoms with van der Waals surface area (Å²) in [6.45, 7) is 0.267. The van der Waals surface area contributed by atoms with E-state index < -0.39 is 16.3 Å². The molecule has 1 aromatic rings. The molecule has 0 spiro atoms. The van der Waals surface area contributed by atoms with Crippen molar-refractivity contribution in [3.63, 3.8) is 0 Å². The molecule has 9 heteroatoms. The van der Waals surface area contributed by atoms with Crippen LogP contribution in [-0.4, -0.2) is 52.8 Å². The zero-order valence-corrected chi connectivity index (χ0v) is 12.4. The summed E-state index contributed by atoms with van der Waals surface area (Å²) in [5.74, 6) is 0.213. The number of nitrogens with zero attached hydrogens (tertiary/aromatic N) is 3. The van der Waals surface area contributed by atoms with Crippen LogP contribution < -0.4 is 4.90 Å². The predicted molar refractivity (Wildman–Crippen MR) is 77.2 cm³/mol. The van der Waals surface area contributed by atoms with Crippen molar-refractivity contribution >= 4 is 33.8 Å². The van der Waals surface area contributed by atoms with Crippen molar-refractivity contribution < 1.29 is 18.1 Å². The van der Waals surface area contributed by atoms with E-state index >= 15 is 0 Å². The van der Waals surface area contributed by atoms with E-state index in [4.69, 9.17) is 4.55 Å². The van der Waals surface area contributed by atoms with E-state index in [1.165, 1.54) is 11.8 Å². The highest BCUT2D eigenvalue weighted by atomic mass is 32.2. The first-order valence-corrected chi connectivity index (χ1v) is 8.73. The first-order chi connectivity index (χ1) is 9.40. The maximum atomic E-state index is 10.7. The highest BCUT2D eigenvalue weighted by molar-refractivity contribution is 7.98. The lowest BCUT2D eigenvalue weighted by Crippen LogP contribution is -2.38. The van der Waals surface area contributed by atoms with Crippen LogP contribution in [0, 0.1) is 0 Å². The normalized spacial score (nSPS) is 18.1.